The number of piperazine rings is 1. The van der Waals surface area contributed by atoms with Gasteiger partial charge in [-0.3, -0.25) is 9.69 Å². The van der Waals surface area contributed by atoms with E-state index < -0.39 is 6.10 Å². The molecular formula is C20H24FN3O2S. The minimum absolute atomic E-state index is 0.101. The van der Waals surface area contributed by atoms with Gasteiger partial charge in [0.2, 0.25) is 5.91 Å². The Bertz CT molecular complexity index is 804. The average molecular weight is 389 g/mol. The highest BCUT2D eigenvalue weighted by Crippen LogP contribution is 2.30. The first-order chi connectivity index (χ1) is 13.1. The third-order valence-electron chi connectivity index (χ3n) is 5.27. The number of halogens is 1. The van der Waals surface area contributed by atoms with Gasteiger partial charge in [-0.15, -0.1) is 11.3 Å². The van der Waals surface area contributed by atoms with Gasteiger partial charge in [-0.25, -0.2) is 4.39 Å². The van der Waals surface area contributed by atoms with Gasteiger partial charge in [-0.2, -0.15) is 0 Å². The molecule has 2 fully saturated rings. The summed E-state index contributed by atoms with van der Waals surface area (Å²) in [6, 6.07) is 10.7. The molecular weight excluding hydrogens is 365 g/mol. The molecule has 1 aromatic carbocycles. The van der Waals surface area contributed by atoms with Crippen LogP contribution in [-0.4, -0.2) is 65.7 Å². The van der Waals surface area contributed by atoms with Crippen molar-refractivity contribution in [3.8, 4) is 10.4 Å². The Labute approximate surface area is 162 Å². The summed E-state index contributed by atoms with van der Waals surface area (Å²) in [5.41, 5.74) is 0.649. The molecule has 3 heterocycles. The lowest BCUT2D eigenvalue weighted by Crippen LogP contribution is -2.52. The highest BCUT2D eigenvalue weighted by atomic mass is 32.1. The van der Waals surface area contributed by atoms with Crippen LogP contribution in [0.4, 0.5) is 4.39 Å². The lowest BCUT2D eigenvalue weighted by molar-refractivity contribution is -0.135. The Morgan fingerprint density at radius 1 is 1.19 bits per heavy atom. The van der Waals surface area contributed by atoms with Crippen molar-refractivity contribution in [2.24, 2.45) is 0 Å². The van der Waals surface area contributed by atoms with E-state index in [0.717, 1.165) is 24.5 Å². The van der Waals surface area contributed by atoms with Crippen LogP contribution in [0.1, 0.15) is 11.3 Å². The minimum atomic E-state index is -0.414. The van der Waals surface area contributed by atoms with Gasteiger partial charge in [0.15, 0.2) is 0 Å². The fourth-order valence-electron chi connectivity index (χ4n) is 3.74. The van der Waals surface area contributed by atoms with Crippen molar-refractivity contribution >= 4 is 17.2 Å². The summed E-state index contributed by atoms with van der Waals surface area (Å²) in [7, 11) is 0. The second-order valence-electron chi connectivity index (χ2n) is 7.20. The van der Waals surface area contributed by atoms with E-state index in [0.29, 0.717) is 31.6 Å². The van der Waals surface area contributed by atoms with Gasteiger partial charge in [0.1, 0.15) is 5.82 Å². The smallest absolute Gasteiger partial charge is 0.239 e. The third kappa shape index (κ3) is 4.21. The zero-order valence-corrected chi connectivity index (χ0v) is 15.9. The standard InChI is InChI=1S/C20H24FN3O2S/c21-17-4-2-1-3-16(17)19-6-5-15(27-19)13-23-7-9-24(10-8-23)20(26)18-11-14(25)12-22-18/h1-6,14,18,22,25H,7-13H2. The van der Waals surface area contributed by atoms with E-state index in [1.807, 2.05) is 23.1 Å². The first kappa shape index (κ1) is 18.6. The Balaban J connectivity index is 1.31. The number of nitrogens with one attached hydrogen (secondary N) is 1. The summed E-state index contributed by atoms with van der Waals surface area (Å²) < 4.78 is 14.0. The second kappa shape index (κ2) is 8.06. The number of thiophene rings is 1. The summed E-state index contributed by atoms with van der Waals surface area (Å²) in [4.78, 5) is 18.9. The van der Waals surface area contributed by atoms with Crippen molar-refractivity contribution in [2.45, 2.75) is 25.1 Å². The Morgan fingerprint density at radius 2 is 1.96 bits per heavy atom. The summed E-state index contributed by atoms with van der Waals surface area (Å²) in [5.74, 6) is -0.0900. The van der Waals surface area contributed by atoms with E-state index in [9.17, 15) is 14.3 Å². The summed E-state index contributed by atoms with van der Waals surface area (Å²) in [6.45, 7) is 4.39. The number of aliphatic hydroxyl groups excluding tert-OH is 1. The van der Waals surface area contributed by atoms with Crippen molar-refractivity contribution in [3.63, 3.8) is 0 Å². The van der Waals surface area contributed by atoms with Crippen LogP contribution in [0.5, 0.6) is 0 Å². The third-order valence-corrected chi connectivity index (χ3v) is 6.37. The average Bonchev–Trinajstić information content (AvgIpc) is 3.31. The summed E-state index contributed by atoms with van der Waals surface area (Å²) in [6.07, 6.45) is 0.0929. The largest absolute Gasteiger partial charge is 0.392 e. The predicted octanol–water partition coefficient (Wildman–Crippen LogP) is 1.92. The number of carbonyl (C=O) groups is 1. The van der Waals surface area contributed by atoms with Gasteiger partial charge >= 0.3 is 0 Å². The molecule has 5 nitrogen and oxygen atoms in total. The number of aliphatic hydroxyl groups is 1. The van der Waals surface area contributed by atoms with Crippen LogP contribution in [0.3, 0.4) is 0 Å². The fraction of sp³-hybridized carbons (Fsp3) is 0.450. The first-order valence-corrected chi connectivity index (χ1v) is 10.2. The van der Waals surface area contributed by atoms with Gasteiger partial charge < -0.3 is 15.3 Å². The maximum atomic E-state index is 14.0. The molecule has 4 rings (SSSR count). The lowest BCUT2D eigenvalue weighted by Gasteiger charge is -2.35. The van der Waals surface area contributed by atoms with Crippen LogP contribution in [0.25, 0.3) is 10.4 Å². The number of benzene rings is 1. The van der Waals surface area contributed by atoms with Crippen LogP contribution < -0.4 is 5.32 Å². The molecule has 1 amide bonds. The van der Waals surface area contributed by atoms with Crippen molar-refractivity contribution in [3.05, 3.63) is 47.1 Å². The molecule has 0 radical (unpaired) electrons. The molecule has 2 N–H and O–H groups in total. The zero-order valence-electron chi connectivity index (χ0n) is 15.1. The molecule has 0 bridgehead atoms. The normalized spacial score (nSPS) is 23.7. The number of hydrogen-bond acceptors (Lipinski definition) is 5. The maximum absolute atomic E-state index is 14.0. The van der Waals surface area contributed by atoms with E-state index in [1.165, 1.54) is 10.9 Å². The molecule has 27 heavy (non-hydrogen) atoms. The van der Waals surface area contributed by atoms with Crippen LogP contribution >= 0.6 is 11.3 Å². The predicted molar refractivity (Wildman–Crippen MR) is 104 cm³/mol. The van der Waals surface area contributed by atoms with Crippen molar-refractivity contribution in [1.29, 1.82) is 0 Å². The van der Waals surface area contributed by atoms with Crippen molar-refractivity contribution in [2.75, 3.05) is 32.7 Å². The van der Waals surface area contributed by atoms with Gasteiger partial charge in [-0.1, -0.05) is 18.2 Å². The van der Waals surface area contributed by atoms with E-state index in [1.54, 1.807) is 17.4 Å². The molecule has 7 heteroatoms. The van der Waals surface area contributed by atoms with Gasteiger partial charge in [0, 0.05) is 54.6 Å². The molecule has 2 atom stereocenters. The number of nitrogens with zero attached hydrogens (tertiary/aromatic N) is 2. The van der Waals surface area contributed by atoms with Gasteiger partial charge in [0.05, 0.1) is 12.1 Å². The Hall–Kier alpha value is -1.80. The van der Waals surface area contributed by atoms with E-state index >= 15 is 0 Å². The van der Waals surface area contributed by atoms with E-state index in [4.69, 9.17) is 0 Å². The lowest BCUT2D eigenvalue weighted by atomic mass is 10.1. The molecule has 0 spiro atoms. The monoisotopic (exact) mass is 389 g/mol. The van der Waals surface area contributed by atoms with Gasteiger partial charge in [-0.05, 0) is 24.6 Å². The highest BCUT2D eigenvalue weighted by Gasteiger charge is 2.32. The molecule has 2 aliphatic rings. The van der Waals surface area contributed by atoms with Crippen molar-refractivity contribution < 1.29 is 14.3 Å². The number of rotatable bonds is 4. The summed E-state index contributed by atoms with van der Waals surface area (Å²) >= 11 is 1.62. The maximum Gasteiger partial charge on any atom is 0.239 e. The molecule has 1 aromatic heterocycles. The van der Waals surface area contributed by atoms with E-state index in [-0.39, 0.29) is 17.8 Å². The number of hydrogen-bond donors (Lipinski definition) is 2. The second-order valence-corrected chi connectivity index (χ2v) is 8.37. The van der Waals surface area contributed by atoms with Crippen LogP contribution in [0.15, 0.2) is 36.4 Å². The molecule has 0 aliphatic carbocycles. The highest BCUT2D eigenvalue weighted by molar-refractivity contribution is 7.15. The molecule has 2 aromatic rings. The number of β-amino-alcohol motifs (C(OH)–C–C–N with tert-alkyl or cyclic N) is 1. The van der Waals surface area contributed by atoms with Gasteiger partial charge in [0.25, 0.3) is 0 Å². The fourth-order valence-corrected chi connectivity index (χ4v) is 4.82. The Morgan fingerprint density at radius 3 is 2.67 bits per heavy atom. The molecule has 2 aliphatic heterocycles. The number of carbonyl (C=O) groups excluding carboxylic acids is 1. The summed E-state index contributed by atoms with van der Waals surface area (Å²) in [5, 5.41) is 12.7. The SMILES string of the molecule is O=C(C1CC(O)CN1)N1CCN(Cc2ccc(-c3ccccc3F)s2)CC1. The van der Waals surface area contributed by atoms with Crippen LogP contribution in [0.2, 0.25) is 0 Å². The molecule has 2 unspecified atom stereocenters. The van der Waals surface area contributed by atoms with E-state index in [2.05, 4.69) is 16.3 Å². The molecule has 2 saturated heterocycles. The topological polar surface area (TPSA) is 55.8 Å². The quantitative estimate of drug-likeness (QED) is 0.839. The molecule has 144 valence electrons. The van der Waals surface area contributed by atoms with Crippen LogP contribution in [0, 0.1) is 5.82 Å². The number of amides is 1. The Kier molecular flexibility index (Phi) is 5.54. The zero-order chi connectivity index (χ0) is 18.8. The first-order valence-electron chi connectivity index (χ1n) is 9.36. The van der Waals surface area contributed by atoms with Crippen LogP contribution in [-0.2, 0) is 11.3 Å². The molecule has 0 saturated carbocycles. The van der Waals surface area contributed by atoms with Crippen molar-refractivity contribution in [1.82, 2.24) is 15.1 Å². The minimum Gasteiger partial charge on any atom is -0.392 e.